The van der Waals surface area contributed by atoms with Crippen LogP contribution < -0.4 is 5.73 Å². The summed E-state index contributed by atoms with van der Waals surface area (Å²) in [7, 11) is 0. The fourth-order valence-electron chi connectivity index (χ4n) is 1.33. The second-order valence-electron chi connectivity index (χ2n) is 3.38. The maximum atomic E-state index is 5.50. The molecule has 0 spiro atoms. The van der Waals surface area contributed by atoms with Crippen molar-refractivity contribution in [2.24, 2.45) is 5.73 Å². The van der Waals surface area contributed by atoms with E-state index < -0.39 is 0 Å². The van der Waals surface area contributed by atoms with Crippen LogP contribution in [0.15, 0.2) is 0 Å². The van der Waals surface area contributed by atoms with Gasteiger partial charge in [-0.15, -0.1) is 0 Å². The Balaban J connectivity index is 3.53. The second kappa shape index (κ2) is 11.9. The van der Waals surface area contributed by atoms with E-state index >= 15 is 0 Å². The quantitative estimate of drug-likeness (QED) is 0.519. The van der Waals surface area contributed by atoms with Gasteiger partial charge in [-0.1, -0.05) is 0 Å². The lowest BCUT2D eigenvalue weighted by Gasteiger charge is -2.21. The first-order chi connectivity index (χ1) is 7.35. The molecule has 0 aromatic rings. The van der Waals surface area contributed by atoms with Crippen molar-refractivity contribution in [1.29, 1.82) is 0 Å². The molecule has 92 valence electrons. The Kier molecular flexibility index (Phi) is 11.8. The van der Waals surface area contributed by atoms with Gasteiger partial charge in [0.05, 0.1) is 13.2 Å². The first-order valence-corrected chi connectivity index (χ1v) is 5.93. The van der Waals surface area contributed by atoms with Crippen molar-refractivity contribution in [3.05, 3.63) is 0 Å². The minimum Gasteiger partial charge on any atom is -0.380 e. The smallest absolute Gasteiger partial charge is 0.0593 e. The van der Waals surface area contributed by atoms with E-state index in [0.717, 1.165) is 59.0 Å². The van der Waals surface area contributed by atoms with Gasteiger partial charge in [-0.3, -0.25) is 4.90 Å². The second-order valence-corrected chi connectivity index (χ2v) is 3.38. The van der Waals surface area contributed by atoms with Crippen LogP contribution in [0.2, 0.25) is 0 Å². The van der Waals surface area contributed by atoms with Crippen molar-refractivity contribution in [2.45, 2.75) is 20.3 Å². The summed E-state index contributed by atoms with van der Waals surface area (Å²) in [6.45, 7) is 10.9. The van der Waals surface area contributed by atoms with Crippen LogP contribution in [0.3, 0.4) is 0 Å². The number of hydrogen-bond acceptors (Lipinski definition) is 4. The predicted octanol–water partition coefficient (Wildman–Crippen LogP) is 0.710. The summed E-state index contributed by atoms with van der Waals surface area (Å²) < 4.78 is 10.7. The fourth-order valence-corrected chi connectivity index (χ4v) is 1.33. The monoisotopic (exact) mass is 218 g/mol. The summed E-state index contributed by atoms with van der Waals surface area (Å²) in [6.07, 6.45) is 1.04. The Morgan fingerprint density at radius 2 is 1.47 bits per heavy atom. The van der Waals surface area contributed by atoms with Gasteiger partial charge in [-0.25, -0.2) is 0 Å². The van der Waals surface area contributed by atoms with Gasteiger partial charge in [0.15, 0.2) is 0 Å². The molecule has 0 bridgehead atoms. The van der Waals surface area contributed by atoms with Gasteiger partial charge in [-0.05, 0) is 33.4 Å². The molecule has 0 radical (unpaired) electrons. The third-order valence-corrected chi connectivity index (χ3v) is 2.19. The Hall–Kier alpha value is -0.160. The number of nitrogens with two attached hydrogens (primary N) is 1. The van der Waals surface area contributed by atoms with Crippen LogP contribution in [0.1, 0.15) is 20.3 Å². The number of ether oxygens (including phenoxy) is 2. The van der Waals surface area contributed by atoms with Crippen LogP contribution in [0.4, 0.5) is 0 Å². The van der Waals surface area contributed by atoms with Gasteiger partial charge in [-0.2, -0.15) is 0 Å². The summed E-state index contributed by atoms with van der Waals surface area (Å²) in [6, 6.07) is 0. The third kappa shape index (κ3) is 10.1. The largest absolute Gasteiger partial charge is 0.380 e. The Labute approximate surface area is 93.7 Å². The zero-order valence-electron chi connectivity index (χ0n) is 10.2. The molecular weight excluding hydrogens is 192 g/mol. The van der Waals surface area contributed by atoms with Gasteiger partial charge in [0, 0.05) is 26.3 Å². The lowest BCUT2D eigenvalue weighted by molar-refractivity contribution is 0.0826. The highest BCUT2D eigenvalue weighted by molar-refractivity contribution is 4.57. The average Bonchev–Trinajstić information content (AvgIpc) is 2.25. The Morgan fingerprint density at radius 1 is 0.933 bits per heavy atom. The van der Waals surface area contributed by atoms with E-state index in [-0.39, 0.29) is 0 Å². The molecule has 0 aromatic heterocycles. The molecule has 0 aromatic carbocycles. The van der Waals surface area contributed by atoms with E-state index in [4.69, 9.17) is 15.2 Å². The molecule has 0 unspecified atom stereocenters. The van der Waals surface area contributed by atoms with Crippen molar-refractivity contribution in [2.75, 3.05) is 52.6 Å². The van der Waals surface area contributed by atoms with Crippen LogP contribution in [-0.2, 0) is 9.47 Å². The summed E-state index contributed by atoms with van der Waals surface area (Å²) >= 11 is 0. The van der Waals surface area contributed by atoms with Gasteiger partial charge < -0.3 is 15.2 Å². The molecule has 4 heteroatoms. The van der Waals surface area contributed by atoms with Crippen LogP contribution in [-0.4, -0.2) is 57.5 Å². The van der Waals surface area contributed by atoms with E-state index in [0.29, 0.717) is 0 Å². The van der Waals surface area contributed by atoms with Gasteiger partial charge >= 0.3 is 0 Å². The predicted molar refractivity (Wildman–Crippen MR) is 63.1 cm³/mol. The minimum absolute atomic E-state index is 0.750. The minimum atomic E-state index is 0.750. The van der Waals surface area contributed by atoms with Crippen molar-refractivity contribution in [3.63, 3.8) is 0 Å². The standard InChI is InChI=1S/C11H26N2O2/c1-3-14-10-8-13(7-5-6-12)9-11-15-4-2/h3-12H2,1-2H3. The molecule has 2 N–H and O–H groups in total. The Morgan fingerprint density at radius 3 is 1.87 bits per heavy atom. The molecule has 0 rings (SSSR count). The topological polar surface area (TPSA) is 47.7 Å². The van der Waals surface area contributed by atoms with Crippen molar-refractivity contribution >= 4 is 0 Å². The van der Waals surface area contributed by atoms with Gasteiger partial charge in [0.2, 0.25) is 0 Å². The first kappa shape index (κ1) is 14.8. The lowest BCUT2D eigenvalue weighted by atomic mass is 10.3. The SMILES string of the molecule is CCOCCN(CCCN)CCOCC. The molecule has 0 aliphatic heterocycles. The lowest BCUT2D eigenvalue weighted by Crippen LogP contribution is -2.33. The van der Waals surface area contributed by atoms with E-state index in [2.05, 4.69) is 4.90 Å². The number of rotatable bonds is 11. The molecule has 0 amide bonds. The summed E-state index contributed by atoms with van der Waals surface area (Å²) in [5.41, 5.74) is 5.50. The molecule has 0 aliphatic rings. The number of nitrogens with zero attached hydrogens (tertiary/aromatic N) is 1. The van der Waals surface area contributed by atoms with Crippen LogP contribution in [0.5, 0.6) is 0 Å². The summed E-state index contributed by atoms with van der Waals surface area (Å²) in [5, 5.41) is 0. The molecule has 0 fully saturated rings. The normalized spacial score (nSPS) is 11.2. The third-order valence-electron chi connectivity index (χ3n) is 2.19. The zero-order chi connectivity index (χ0) is 11.4. The van der Waals surface area contributed by atoms with E-state index in [1.807, 2.05) is 13.8 Å². The highest BCUT2D eigenvalue weighted by Gasteiger charge is 2.03. The van der Waals surface area contributed by atoms with Crippen molar-refractivity contribution < 1.29 is 9.47 Å². The van der Waals surface area contributed by atoms with E-state index in [1.54, 1.807) is 0 Å². The Bertz CT molecular complexity index is 113. The maximum Gasteiger partial charge on any atom is 0.0593 e. The molecule has 0 heterocycles. The molecule has 0 saturated heterocycles. The average molecular weight is 218 g/mol. The molecule has 4 nitrogen and oxygen atoms in total. The highest BCUT2D eigenvalue weighted by atomic mass is 16.5. The van der Waals surface area contributed by atoms with Gasteiger partial charge in [0.1, 0.15) is 0 Å². The molecule has 0 saturated carbocycles. The van der Waals surface area contributed by atoms with Crippen molar-refractivity contribution in [1.82, 2.24) is 4.90 Å². The summed E-state index contributed by atoms with van der Waals surface area (Å²) in [5.74, 6) is 0. The van der Waals surface area contributed by atoms with Crippen LogP contribution in [0.25, 0.3) is 0 Å². The molecular formula is C11H26N2O2. The number of hydrogen-bond donors (Lipinski definition) is 1. The first-order valence-electron chi connectivity index (χ1n) is 5.93. The van der Waals surface area contributed by atoms with Crippen LogP contribution in [0, 0.1) is 0 Å². The summed E-state index contributed by atoms with van der Waals surface area (Å²) in [4.78, 5) is 2.35. The van der Waals surface area contributed by atoms with Gasteiger partial charge in [0.25, 0.3) is 0 Å². The van der Waals surface area contributed by atoms with Crippen molar-refractivity contribution in [3.8, 4) is 0 Å². The molecule has 0 aliphatic carbocycles. The highest BCUT2D eigenvalue weighted by Crippen LogP contribution is 1.92. The maximum absolute atomic E-state index is 5.50. The van der Waals surface area contributed by atoms with Crippen LogP contribution >= 0.6 is 0 Å². The molecule has 0 atom stereocenters. The molecule has 15 heavy (non-hydrogen) atoms. The van der Waals surface area contributed by atoms with E-state index in [9.17, 15) is 0 Å². The fraction of sp³-hybridized carbons (Fsp3) is 1.00. The van der Waals surface area contributed by atoms with E-state index in [1.165, 1.54) is 0 Å². The zero-order valence-corrected chi connectivity index (χ0v) is 10.2.